The van der Waals surface area contributed by atoms with Gasteiger partial charge in [-0.15, -0.1) is 0 Å². The van der Waals surface area contributed by atoms with Crippen LogP contribution in [-0.4, -0.2) is 56.5 Å². The molecule has 0 unspecified atom stereocenters. The molecule has 3 rings (SSSR count). The van der Waals surface area contributed by atoms with Gasteiger partial charge in [0.15, 0.2) is 0 Å². The van der Waals surface area contributed by atoms with Gasteiger partial charge in [-0.2, -0.15) is 4.31 Å². The molecule has 1 aromatic heterocycles. The molecule has 148 valence electrons. The summed E-state index contributed by atoms with van der Waals surface area (Å²) in [5.74, 6) is -0.176. The second-order valence-corrected chi connectivity index (χ2v) is 8.81. The number of carbonyl (C=O) groups excluding carboxylic acids is 1. The van der Waals surface area contributed by atoms with Crippen LogP contribution in [0.5, 0.6) is 0 Å². The average molecular weight is 394 g/mol. The summed E-state index contributed by atoms with van der Waals surface area (Å²) in [5, 5.41) is 3.61. The second kappa shape index (κ2) is 8.41. The lowest BCUT2D eigenvalue weighted by molar-refractivity contribution is 0.0941. The van der Waals surface area contributed by atoms with Crippen molar-refractivity contribution in [1.29, 1.82) is 0 Å². The second-order valence-electron chi connectivity index (χ2n) is 6.88. The lowest BCUT2D eigenvalue weighted by Crippen LogP contribution is -2.35. The van der Waals surface area contributed by atoms with E-state index < -0.39 is 10.0 Å². The molecule has 1 aliphatic rings. The number of ether oxygens (including phenoxy) is 1. The Morgan fingerprint density at radius 2 is 1.93 bits per heavy atom. The fraction of sp³-hybridized carbons (Fsp3) is 0.526. The number of hydrogen-bond acceptors (Lipinski definition) is 4. The van der Waals surface area contributed by atoms with Crippen LogP contribution in [0, 0.1) is 0 Å². The van der Waals surface area contributed by atoms with Crippen LogP contribution in [0.25, 0.3) is 10.9 Å². The van der Waals surface area contributed by atoms with Crippen molar-refractivity contribution in [1.82, 2.24) is 14.2 Å². The molecule has 1 amide bonds. The highest BCUT2D eigenvalue weighted by atomic mass is 32.2. The number of nitrogens with one attached hydrogen (secondary N) is 1. The van der Waals surface area contributed by atoms with E-state index in [0.717, 1.165) is 36.6 Å². The van der Waals surface area contributed by atoms with Gasteiger partial charge in [-0.3, -0.25) is 4.79 Å². The predicted molar refractivity (Wildman–Crippen MR) is 104 cm³/mol. The van der Waals surface area contributed by atoms with E-state index in [1.807, 2.05) is 7.05 Å². The summed E-state index contributed by atoms with van der Waals surface area (Å²) >= 11 is 0. The Labute approximate surface area is 160 Å². The van der Waals surface area contributed by atoms with Gasteiger partial charge < -0.3 is 14.6 Å². The van der Waals surface area contributed by atoms with Crippen LogP contribution in [0.4, 0.5) is 0 Å². The van der Waals surface area contributed by atoms with Gasteiger partial charge in [0.2, 0.25) is 10.0 Å². The largest absolute Gasteiger partial charge is 0.385 e. The molecule has 0 saturated carbocycles. The van der Waals surface area contributed by atoms with Crippen LogP contribution in [0.3, 0.4) is 0 Å². The minimum absolute atomic E-state index is 0.176. The summed E-state index contributed by atoms with van der Waals surface area (Å²) < 4.78 is 34.1. The van der Waals surface area contributed by atoms with Crippen molar-refractivity contribution in [2.45, 2.75) is 30.6 Å². The molecule has 1 fully saturated rings. The van der Waals surface area contributed by atoms with Crippen LogP contribution in [0.2, 0.25) is 0 Å². The maximum Gasteiger partial charge on any atom is 0.267 e. The van der Waals surface area contributed by atoms with Gasteiger partial charge in [-0.25, -0.2) is 8.42 Å². The zero-order valence-corrected chi connectivity index (χ0v) is 16.7. The number of methoxy groups -OCH3 is 1. The molecule has 0 aliphatic carbocycles. The maximum atomic E-state index is 12.9. The van der Waals surface area contributed by atoms with Crippen molar-refractivity contribution in [2.75, 3.05) is 33.4 Å². The van der Waals surface area contributed by atoms with Gasteiger partial charge in [-0.1, -0.05) is 6.42 Å². The molecule has 0 bridgehead atoms. The Hall–Kier alpha value is -1.90. The number of carbonyl (C=O) groups is 1. The lowest BCUT2D eigenvalue weighted by atomic mass is 10.2. The first-order valence-electron chi connectivity index (χ1n) is 9.32. The molecule has 1 N–H and O–H groups in total. The van der Waals surface area contributed by atoms with E-state index in [2.05, 4.69) is 5.32 Å². The third-order valence-electron chi connectivity index (χ3n) is 5.01. The number of hydrogen-bond donors (Lipinski definition) is 1. The smallest absolute Gasteiger partial charge is 0.267 e. The van der Waals surface area contributed by atoms with Gasteiger partial charge in [0, 0.05) is 51.3 Å². The van der Waals surface area contributed by atoms with Gasteiger partial charge in [-0.05, 0) is 43.5 Å². The van der Waals surface area contributed by atoms with Crippen molar-refractivity contribution in [3.8, 4) is 0 Å². The van der Waals surface area contributed by atoms with E-state index >= 15 is 0 Å². The molecule has 0 radical (unpaired) electrons. The Kier molecular flexibility index (Phi) is 6.18. The Morgan fingerprint density at radius 1 is 1.19 bits per heavy atom. The van der Waals surface area contributed by atoms with Gasteiger partial charge in [0.05, 0.1) is 4.90 Å². The van der Waals surface area contributed by atoms with Crippen LogP contribution < -0.4 is 5.32 Å². The molecule has 1 saturated heterocycles. The number of rotatable bonds is 7. The van der Waals surface area contributed by atoms with E-state index in [9.17, 15) is 13.2 Å². The lowest BCUT2D eigenvalue weighted by Gasteiger charge is -2.25. The van der Waals surface area contributed by atoms with Crippen LogP contribution >= 0.6 is 0 Å². The number of aromatic nitrogens is 1. The molecule has 27 heavy (non-hydrogen) atoms. The maximum absolute atomic E-state index is 12.9. The zero-order valence-electron chi connectivity index (χ0n) is 15.9. The third-order valence-corrected chi connectivity index (χ3v) is 6.90. The topological polar surface area (TPSA) is 80.6 Å². The monoisotopic (exact) mass is 393 g/mol. The van der Waals surface area contributed by atoms with Crippen LogP contribution in [0.15, 0.2) is 29.2 Å². The summed E-state index contributed by atoms with van der Waals surface area (Å²) in [6, 6.07) is 6.82. The highest BCUT2D eigenvalue weighted by Gasteiger charge is 2.26. The average Bonchev–Trinajstić information content (AvgIpc) is 3.02. The van der Waals surface area contributed by atoms with Crippen molar-refractivity contribution >= 4 is 26.8 Å². The quantitative estimate of drug-likeness (QED) is 0.731. The third kappa shape index (κ3) is 4.17. The number of sulfonamides is 1. The number of nitrogens with zero attached hydrogens (tertiary/aromatic N) is 2. The molecule has 0 atom stereocenters. The highest BCUT2D eigenvalue weighted by molar-refractivity contribution is 7.89. The first-order valence-corrected chi connectivity index (χ1v) is 10.8. The highest BCUT2D eigenvalue weighted by Crippen LogP contribution is 2.26. The normalized spacial score (nSPS) is 15.9. The van der Waals surface area contributed by atoms with E-state index in [1.54, 1.807) is 40.2 Å². The molecule has 8 heteroatoms. The van der Waals surface area contributed by atoms with Crippen molar-refractivity contribution < 1.29 is 17.9 Å². The number of aryl methyl sites for hydroxylation is 1. The summed E-state index contributed by atoms with van der Waals surface area (Å²) in [7, 11) is -0.0512. The fourth-order valence-electron chi connectivity index (χ4n) is 3.47. The molecule has 0 spiro atoms. The van der Waals surface area contributed by atoms with E-state index in [0.29, 0.717) is 31.9 Å². The Balaban J connectivity index is 1.84. The molecule has 2 heterocycles. The molecule has 7 nitrogen and oxygen atoms in total. The Bertz CT molecular complexity index is 914. The number of piperidine rings is 1. The fourth-order valence-corrected chi connectivity index (χ4v) is 5.02. The number of fused-ring (bicyclic) bond motifs is 1. The van der Waals surface area contributed by atoms with Gasteiger partial charge in [0.25, 0.3) is 5.91 Å². The van der Waals surface area contributed by atoms with Gasteiger partial charge >= 0.3 is 0 Å². The van der Waals surface area contributed by atoms with E-state index in [1.165, 1.54) is 0 Å². The molecule has 2 aromatic rings. The zero-order chi connectivity index (χ0) is 19.4. The number of benzene rings is 1. The van der Waals surface area contributed by atoms with Crippen molar-refractivity contribution in [3.05, 3.63) is 30.0 Å². The van der Waals surface area contributed by atoms with E-state index in [-0.39, 0.29) is 10.8 Å². The first-order chi connectivity index (χ1) is 12.9. The first kappa shape index (κ1) is 19.9. The van der Waals surface area contributed by atoms with Crippen LogP contribution in [-0.2, 0) is 21.8 Å². The molecule has 1 aromatic carbocycles. The Morgan fingerprint density at radius 3 is 2.63 bits per heavy atom. The van der Waals surface area contributed by atoms with Crippen LogP contribution in [0.1, 0.15) is 36.2 Å². The summed E-state index contributed by atoms with van der Waals surface area (Å²) in [6.45, 7) is 2.27. The standard InChI is InChI=1S/C19H27N3O4S/c1-21-17-8-7-16(27(24,25)22-10-4-3-5-11-22)13-15(17)14-18(21)19(23)20-9-6-12-26-2/h7-8,13-14H,3-6,9-12H2,1-2H3,(H,20,23). The van der Waals surface area contributed by atoms with Crippen molar-refractivity contribution in [2.24, 2.45) is 7.05 Å². The molecular formula is C19H27N3O4S. The minimum atomic E-state index is -3.49. The summed E-state index contributed by atoms with van der Waals surface area (Å²) in [5.41, 5.74) is 1.34. The SMILES string of the molecule is COCCCNC(=O)c1cc2cc(S(=O)(=O)N3CCCCC3)ccc2n1C. The predicted octanol–water partition coefficient (Wildman–Crippen LogP) is 2.12. The van der Waals surface area contributed by atoms with Crippen molar-refractivity contribution in [3.63, 3.8) is 0 Å². The molecule has 1 aliphatic heterocycles. The minimum Gasteiger partial charge on any atom is -0.385 e. The van der Waals surface area contributed by atoms with Gasteiger partial charge in [0.1, 0.15) is 5.69 Å². The number of amides is 1. The summed E-state index contributed by atoms with van der Waals surface area (Å²) in [6.07, 6.45) is 3.62. The summed E-state index contributed by atoms with van der Waals surface area (Å²) in [4.78, 5) is 12.7. The van der Waals surface area contributed by atoms with E-state index in [4.69, 9.17) is 4.74 Å². The molecular weight excluding hydrogens is 366 g/mol.